The minimum absolute atomic E-state index is 0.119. The van der Waals surface area contributed by atoms with Crippen molar-refractivity contribution < 1.29 is 4.79 Å². The Kier molecular flexibility index (Phi) is 6.02. The molecule has 0 aliphatic heterocycles. The summed E-state index contributed by atoms with van der Waals surface area (Å²) in [7, 11) is 0. The molecular weight excluding hydrogens is 348 g/mol. The van der Waals surface area contributed by atoms with Crippen molar-refractivity contribution in [3.8, 4) is 0 Å². The minimum atomic E-state index is -0.119. The van der Waals surface area contributed by atoms with Gasteiger partial charge in [-0.3, -0.25) is 4.79 Å². The third kappa shape index (κ3) is 5.73. The molecule has 21 heavy (non-hydrogen) atoms. The van der Waals surface area contributed by atoms with Crippen LogP contribution in [-0.2, 0) is 4.79 Å². The number of nitrogens with one attached hydrogen (secondary N) is 1. The highest BCUT2D eigenvalue weighted by Gasteiger charge is 2.01. The fourth-order valence-corrected chi connectivity index (χ4v) is 2.69. The maximum Gasteiger partial charge on any atom is 0.250 e. The van der Waals surface area contributed by atoms with Gasteiger partial charge < -0.3 is 0 Å². The molecule has 0 fully saturated rings. The van der Waals surface area contributed by atoms with Gasteiger partial charge in [0.1, 0.15) is 0 Å². The zero-order valence-corrected chi connectivity index (χ0v) is 13.9. The zero-order chi connectivity index (χ0) is 15.1. The van der Waals surface area contributed by atoms with Crippen molar-refractivity contribution in [2.75, 3.05) is 5.75 Å². The van der Waals surface area contributed by atoms with E-state index in [1.165, 1.54) is 17.3 Å². The molecule has 1 N–H and O–H groups in total. The monoisotopic (exact) mass is 362 g/mol. The predicted octanol–water partition coefficient (Wildman–Crippen LogP) is 4.00. The maximum atomic E-state index is 11.7. The maximum absolute atomic E-state index is 11.7. The van der Waals surface area contributed by atoms with Gasteiger partial charge in [-0.05, 0) is 36.8 Å². The summed E-state index contributed by atoms with van der Waals surface area (Å²) < 4.78 is 0.979. The molecule has 0 atom stereocenters. The van der Waals surface area contributed by atoms with Gasteiger partial charge in [-0.15, -0.1) is 11.8 Å². The lowest BCUT2D eigenvalue weighted by Gasteiger charge is -2.01. The molecule has 0 aliphatic rings. The SMILES string of the molecule is Cc1ccc(SCC(=O)N/N=C\c2cccc(Br)c2)cc1. The molecule has 2 rings (SSSR count). The van der Waals surface area contributed by atoms with Crippen LogP contribution in [0, 0.1) is 6.92 Å². The van der Waals surface area contributed by atoms with Crippen molar-refractivity contribution in [3.63, 3.8) is 0 Å². The first-order valence-electron chi connectivity index (χ1n) is 6.40. The summed E-state index contributed by atoms with van der Waals surface area (Å²) in [6, 6.07) is 15.8. The topological polar surface area (TPSA) is 41.5 Å². The van der Waals surface area contributed by atoms with Crippen LogP contribution in [0.3, 0.4) is 0 Å². The molecule has 0 spiro atoms. The summed E-state index contributed by atoms with van der Waals surface area (Å²) in [6.45, 7) is 2.04. The number of carbonyl (C=O) groups excluding carboxylic acids is 1. The van der Waals surface area contributed by atoms with Crippen molar-refractivity contribution in [1.82, 2.24) is 5.43 Å². The van der Waals surface area contributed by atoms with Crippen molar-refractivity contribution in [2.24, 2.45) is 5.10 Å². The molecule has 0 unspecified atom stereocenters. The van der Waals surface area contributed by atoms with Gasteiger partial charge in [-0.1, -0.05) is 45.8 Å². The van der Waals surface area contributed by atoms with Crippen LogP contribution in [0.15, 0.2) is 63.0 Å². The molecule has 0 aromatic heterocycles. The molecule has 5 heteroatoms. The molecule has 0 aliphatic carbocycles. The number of halogens is 1. The number of benzene rings is 2. The Labute approximate surface area is 137 Å². The summed E-state index contributed by atoms with van der Waals surface area (Å²) in [5, 5.41) is 3.95. The molecule has 0 saturated heterocycles. The van der Waals surface area contributed by atoms with E-state index in [0.29, 0.717) is 5.75 Å². The van der Waals surface area contributed by atoms with Crippen LogP contribution in [0.1, 0.15) is 11.1 Å². The van der Waals surface area contributed by atoms with Gasteiger partial charge in [0.25, 0.3) is 0 Å². The second-order valence-electron chi connectivity index (χ2n) is 4.45. The van der Waals surface area contributed by atoms with E-state index < -0.39 is 0 Å². The van der Waals surface area contributed by atoms with E-state index in [4.69, 9.17) is 0 Å². The Morgan fingerprint density at radius 2 is 2.05 bits per heavy atom. The van der Waals surface area contributed by atoms with Gasteiger partial charge in [-0.2, -0.15) is 5.10 Å². The number of carbonyl (C=O) groups is 1. The smallest absolute Gasteiger partial charge is 0.250 e. The number of thioether (sulfide) groups is 1. The third-order valence-corrected chi connectivity index (χ3v) is 4.15. The lowest BCUT2D eigenvalue weighted by atomic mass is 10.2. The van der Waals surface area contributed by atoms with E-state index >= 15 is 0 Å². The molecule has 2 aromatic carbocycles. The number of hydrogen-bond acceptors (Lipinski definition) is 3. The largest absolute Gasteiger partial charge is 0.272 e. The average molecular weight is 363 g/mol. The van der Waals surface area contributed by atoms with Gasteiger partial charge in [0, 0.05) is 9.37 Å². The predicted molar refractivity (Wildman–Crippen MR) is 91.8 cm³/mol. The fourth-order valence-electron chi connectivity index (χ4n) is 1.58. The highest BCUT2D eigenvalue weighted by molar-refractivity contribution is 9.10. The van der Waals surface area contributed by atoms with Crippen LogP contribution >= 0.6 is 27.7 Å². The number of nitrogens with zero attached hydrogens (tertiary/aromatic N) is 1. The van der Waals surface area contributed by atoms with E-state index in [1.807, 2.05) is 55.5 Å². The molecule has 0 saturated carbocycles. The Morgan fingerprint density at radius 3 is 2.76 bits per heavy atom. The van der Waals surface area contributed by atoms with E-state index in [1.54, 1.807) is 6.21 Å². The summed E-state index contributed by atoms with van der Waals surface area (Å²) in [5.41, 5.74) is 4.66. The van der Waals surface area contributed by atoms with E-state index in [9.17, 15) is 4.79 Å². The Balaban J connectivity index is 1.78. The second kappa shape index (κ2) is 8.00. The van der Waals surface area contributed by atoms with Crippen LogP contribution in [0.25, 0.3) is 0 Å². The zero-order valence-electron chi connectivity index (χ0n) is 11.5. The second-order valence-corrected chi connectivity index (χ2v) is 6.41. The first-order chi connectivity index (χ1) is 10.1. The van der Waals surface area contributed by atoms with Crippen molar-refractivity contribution >= 4 is 39.8 Å². The third-order valence-electron chi connectivity index (χ3n) is 2.64. The first-order valence-corrected chi connectivity index (χ1v) is 8.18. The summed E-state index contributed by atoms with van der Waals surface area (Å²) in [4.78, 5) is 12.8. The number of rotatable bonds is 5. The molecule has 108 valence electrons. The lowest BCUT2D eigenvalue weighted by Crippen LogP contribution is -2.19. The molecule has 0 heterocycles. The highest BCUT2D eigenvalue weighted by atomic mass is 79.9. The lowest BCUT2D eigenvalue weighted by molar-refractivity contribution is -0.118. The molecule has 0 bridgehead atoms. The summed E-state index contributed by atoms with van der Waals surface area (Å²) >= 11 is 4.88. The Morgan fingerprint density at radius 1 is 1.29 bits per heavy atom. The van der Waals surface area contributed by atoms with Crippen LogP contribution in [0.2, 0.25) is 0 Å². The van der Waals surface area contributed by atoms with Crippen LogP contribution < -0.4 is 5.43 Å². The van der Waals surface area contributed by atoms with Gasteiger partial charge in [0.2, 0.25) is 5.91 Å². The van der Waals surface area contributed by atoms with Crippen molar-refractivity contribution in [2.45, 2.75) is 11.8 Å². The number of amides is 1. The quantitative estimate of drug-likeness (QED) is 0.496. The van der Waals surface area contributed by atoms with Crippen molar-refractivity contribution in [3.05, 3.63) is 64.1 Å². The first kappa shape index (κ1) is 15.8. The number of aryl methyl sites for hydroxylation is 1. The van der Waals surface area contributed by atoms with Gasteiger partial charge in [0.15, 0.2) is 0 Å². The van der Waals surface area contributed by atoms with Crippen LogP contribution in [0.4, 0.5) is 0 Å². The van der Waals surface area contributed by atoms with Crippen LogP contribution in [0.5, 0.6) is 0 Å². The molecule has 1 amide bonds. The van der Waals surface area contributed by atoms with Gasteiger partial charge >= 0.3 is 0 Å². The summed E-state index contributed by atoms with van der Waals surface area (Å²) in [5.74, 6) is 0.227. The van der Waals surface area contributed by atoms with Gasteiger partial charge in [0.05, 0.1) is 12.0 Å². The van der Waals surface area contributed by atoms with Crippen LogP contribution in [-0.4, -0.2) is 17.9 Å². The molecule has 0 radical (unpaired) electrons. The molecular formula is C16H15BrN2OS. The highest BCUT2D eigenvalue weighted by Crippen LogP contribution is 2.17. The van der Waals surface area contributed by atoms with E-state index in [2.05, 4.69) is 26.5 Å². The minimum Gasteiger partial charge on any atom is -0.272 e. The molecule has 2 aromatic rings. The van der Waals surface area contributed by atoms with E-state index in [-0.39, 0.29) is 5.91 Å². The number of hydrogen-bond donors (Lipinski definition) is 1. The molecule has 3 nitrogen and oxygen atoms in total. The van der Waals surface area contributed by atoms with Crippen molar-refractivity contribution in [1.29, 1.82) is 0 Å². The standard InChI is InChI=1S/C16H15BrN2OS/c1-12-5-7-15(8-6-12)21-11-16(20)19-18-10-13-3-2-4-14(17)9-13/h2-10H,11H2,1H3,(H,19,20)/b18-10-. The Bertz CT molecular complexity index is 641. The Hall–Kier alpha value is -1.59. The number of hydrazone groups is 1. The summed E-state index contributed by atoms with van der Waals surface area (Å²) in [6.07, 6.45) is 1.62. The van der Waals surface area contributed by atoms with Gasteiger partial charge in [-0.25, -0.2) is 5.43 Å². The van der Waals surface area contributed by atoms with E-state index in [0.717, 1.165) is 14.9 Å². The average Bonchev–Trinajstić information content (AvgIpc) is 2.47. The fraction of sp³-hybridized carbons (Fsp3) is 0.125. The normalized spacial score (nSPS) is 10.8.